The van der Waals surface area contributed by atoms with Crippen molar-refractivity contribution in [2.24, 2.45) is 0 Å². The Morgan fingerprint density at radius 3 is 2.95 bits per heavy atom. The van der Waals surface area contributed by atoms with Crippen LogP contribution < -0.4 is 10.2 Å². The number of hydrogen-bond acceptors (Lipinski definition) is 3. The lowest BCUT2D eigenvalue weighted by Crippen LogP contribution is -2.57. The lowest BCUT2D eigenvalue weighted by molar-refractivity contribution is 0.353. The van der Waals surface area contributed by atoms with E-state index in [0.717, 1.165) is 35.6 Å². The van der Waals surface area contributed by atoms with Crippen molar-refractivity contribution in [3.05, 3.63) is 35.5 Å². The van der Waals surface area contributed by atoms with Crippen LogP contribution in [0.25, 0.3) is 10.9 Å². The van der Waals surface area contributed by atoms with Gasteiger partial charge < -0.3 is 10.2 Å². The summed E-state index contributed by atoms with van der Waals surface area (Å²) in [6, 6.07) is 8.01. The van der Waals surface area contributed by atoms with Gasteiger partial charge >= 0.3 is 0 Å². The van der Waals surface area contributed by atoms with Crippen LogP contribution in [0.4, 0.5) is 5.69 Å². The molecule has 0 bridgehead atoms. The second-order valence-corrected chi connectivity index (χ2v) is 6.11. The maximum Gasteiger partial charge on any atom is 0.0950 e. The number of fused-ring (bicyclic) bond motifs is 1. The van der Waals surface area contributed by atoms with Gasteiger partial charge in [-0.3, -0.25) is 4.98 Å². The van der Waals surface area contributed by atoms with E-state index in [2.05, 4.69) is 35.1 Å². The van der Waals surface area contributed by atoms with Crippen LogP contribution in [0, 0.1) is 0 Å². The normalized spacial score (nSPS) is 18.8. The van der Waals surface area contributed by atoms with Crippen molar-refractivity contribution in [2.75, 3.05) is 24.5 Å². The molecule has 1 fully saturated rings. The molecule has 1 aliphatic rings. The smallest absolute Gasteiger partial charge is 0.0950 e. The third-order valence-corrected chi connectivity index (χ3v) is 3.94. The largest absolute Gasteiger partial charge is 0.367 e. The highest BCUT2D eigenvalue weighted by atomic mass is 35.5. The van der Waals surface area contributed by atoms with Crippen molar-refractivity contribution in [1.82, 2.24) is 10.3 Å². The van der Waals surface area contributed by atoms with Gasteiger partial charge in [0.05, 0.1) is 16.2 Å². The van der Waals surface area contributed by atoms with E-state index in [1.807, 2.05) is 24.4 Å². The third-order valence-electron chi connectivity index (χ3n) is 3.61. The fourth-order valence-corrected chi connectivity index (χ4v) is 2.94. The molecule has 1 aromatic carbocycles. The summed E-state index contributed by atoms with van der Waals surface area (Å²) in [6.07, 6.45) is 1.83. The number of nitrogens with one attached hydrogen (secondary N) is 1. The van der Waals surface area contributed by atoms with E-state index in [-0.39, 0.29) is 5.54 Å². The zero-order valence-corrected chi connectivity index (χ0v) is 12.0. The average molecular weight is 276 g/mol. The Morgan fingerprint density at radius 2 is 2.16 bits per heavy atom. The van der Waals surface area contributed by atoms with Crippen LogP contribution in [-0.2, 0) is 0 Å². The lowest BCUT2D eigenvalue weighted by atomic mass is 10.0. The lowest BCUT2D eigenvalue weighted by Gasteiger charge is -2.40. The average Bonchev–Trinajstić information content (AvgIpc) is 2.38. The quantitative estimate of drug-likeness (QED) is 0.867. The van der Waals surface area contributed by atoms with Crippen LogP contribution in [0.2, 0.25) is 5.02 Å². The fourth-order valence-electron chi connectivity index (χ4n) is 2.73. The van der Waals surface area contributed by atoms with Crippen molar-refractivity contribution in [1.29, 1.82) is 0 Å². The van der Waals surface area contributed by atoms with Crippen molar-refractivity contribution in [3.8, 4) is 0 Å². The zero-order valence-electron chi connectivity index (χ0n) is 11.3. The molecule has 0 radical (unpaired) electrons. The number of nitrogens with zero attached hydrogens (tertiary/aromatic N) is 2. The van der Waals surface area contributed by atoms with Crippen molar-refractivity contribution in [2.45, 2.75) is 19.4 Å². The summed E-state index contributed by atoms with van der Waals surface area (Å²) in [5.74, 6) is 0. The number of pyridine rings is 1. The highest BCUT2D eigenvalue weighted by molar-refractivity contribution is 6.35. The highest BCUT2D eigenvalue weighted by Crippen LogP contribution is 2.31. The first-order chi connectivity index (χ1) is 9.07. The summed E-state index contributed by atoms with van der Waals surface area (Å²) in [7, 11) is 0. The van der Waals surface area contributed by atoms with Crippen LogP contribution >= 0.6 is 11.6 Å². The van der Waals surface area contributed by atoms with Gasteiger partial charge in [0.25, 0.3) is 0 Å². The summed E-state index contributed by atoms with van der Waals surface area (Å²) in [5, 5.41) is 5.32. The van der Waals surface area contributed by atoms with Crippen LogP contribution in [0.3, 0.4) is 0 Å². The van der Waals surface area contributed by atoms with Gasteiger partial charge in [0, 0.05) is 36.8 Å². The number of aromatic nitrogens is 1. The van der Waals surface area contributed by atoms with Crippen molar-refractivity contribution < 1.29 is 0 Å². The summed E-state index contributed by atoms with van der Waals surface area (Å²) >= 11 is 6.25. The molecule has 4 heteroatoms. The fraction of sp³-hybridized carbons (Fsp3) is 0.400. The molecule has 0 amide bonds. The molecule has 19 heavy (non-hydrogen) atoms. The van der Waals surface area contributed by atoms with Crippen LogP contribution in [-0.4, -0.2) is 30.2 Å². The molecule has 2 heterocycles. The number of halogens is 1. The first-order valence-corrected chi connectivity index (χ1v) is 6.98. The molecule has 3 nitrogen and oxygen atoms in total. The molecule has 1 aromatic heterocycles. The first-order valence-electron chi connectivity index (χ1n) is 6.60. The highest BCUT2D eigenvalue weighted by Gasteiger charge is 2.26. The van der Waals surface area contributed by atoms with Gasteiger partial charge in [-0.15, -0.1) is 0 Å². The Bertz CT molecular complexity index is 609. The molecule has 100 valence electrons. The van der Waals surface area contributed by atoms with Crippen molar-refractivity contribution in [3.63, 3.8) is 0 Å². The minimum absolute atomic E-state index is 0.124. The molecular formula is C15H18ClN3. The minimum atomic E-state index is 0.124. The number of anilines is 1. The third kappa shape index (κ3) is 2.40. The van der Waals surface area contributed by atoms with Gasteiger partial charge in [-0.25, -0.2) is 0 Å². The molecule has 0 spiro atoms. The van der Waals surface area contributed by atoms with E-state index in [0.29, 0.717) is 0 Å². The van der Waals surface area contributed by atoms with Gasteiger partial charge in [0.15, 0.2) is 0 Å². The molecule has 0 atom stereocenters. The molecule has 1 N–H and O–H groups in total. The second kappa shape index (κ2) is 4.66. The predicted octanol–water partition coefficient (Wildman–Crippen LogP) is 3.08. The summed E-state index contributed by atoms with van der Waals surface area (Å²) in [6.45, 7) is 7.41. The van der Waals surface area contributed by atoms with Crippen LogP contribution in [0.15, 0.2) is 30.5 Å². The standard InChI is InChI=1S/C15H18ClN3/c1-15(2)10-19(9-8-18-15)13-6-5-12(16)11-4-3-7-17-14(11)13/h3-7,18H,8-10H2,1-2H3. The molecule has 1 aliphatic heterocycles. The van der Waals surface area contributed by atoms with E-state index in [1.165, 1.54) is 5.69 Å². The Balaban J connectivity index is 2.08. The van der Waals surface area contributed by atoms with E-state index in [1.54, 1.807) is 0 Å². The molecule has 0 aliphatic carbocycles. The zero-order chi connectivity index (χ0) is 13.5. The Hall–Kier alpha value is -1.32. The Morgan fingerprint density at radius 1 is 1.32 bits per heavy atom. The predicted molar refractivity (Wildman–Crippen MR) is 81.0 cm³/mol. The Kier molecular flexibility index (Phi) is 3.11. The molecule has 0 unspecified atom stereocenters. The summed E-state index contributed by atoms with van der Waals surface area (Å²) < 4.78 is 0. The van der Waals surface area contributed by atoms with Gasteiger partial charge in [0.1, 0.15) is 0 Å². The number of rotatable bonds is 1. The SMILES string of the molecule is CC1(C)CN(c2ccc(Cl)c3cccnc23)CCN1. The number of piperazine rings is 1. The second-order valence-electron chi connectivity index (χ2n) is 5.70. The molecule has 1 saturated heterocycles. The molecular weight excluding hydrogens is 258 g/mol. The van der Waals surface area contributed by atoms with Gasteiger partial charge in [-0.05, 0) is 38.1 Å². The maximum absolute atomic E-state index is 6.25. The maximum atomic E-state index is 6.25. The Labute approximate surface area is 118 Å². The summed E-state index contributed by atoms with van der Waals surface area (Å²) in [4.78, 5) is 6.91. The van der Waals surface area contributed by atoms with Gasteiger partial charge in [0.2, 0.25) is 0 Å². The van der Waals surface area contributed by atoms with Gasteiger partial charge in [-0.2, -0.15) is 0 Å². The van der Waals surface area contributed by atoms with E-state index in [9.17, 15) is 0 Å². The van der Waals surface area contributed by atoms with Crippen molar-refractivity contribution >= 4 is 28.2 Å². The van der Waals surface area contributed by atoms with Crippen LogP contribution in [0.5, 0.6) is 0 Å². The minimum Gasteiger partial charge on any atom is -0.367 e. The topological polar surface area (TPSA) is 28.2 Å². The van der Waals surface area contributed by atoms with E-state index < -0.39 is 0 Å². The summed E-state index contributed by atoms with van der Waals surface area (Å²) in [5.41, 5.74) is 2.29. The van der Waals surface area contributed by atoms with Crippen LogP contribution in [0.1, 0.15) is 13.8 Å². The number of hydrogen-bond donors (Lipinski definition) is 1. The van der Waals surface area contributed by atoms with Gasteiger partial charge in [-0.1, -0.05) is 11.6 Å². The van der Waals surface area contributed by atoms with E-state index >= 15 is 0 Å². The number of benzene rings is 1. The molecule has 0 saturated carbocycles. The first kappa shape index (κ1) is 12.7. The van der Waals surface area contributed by atoms with E-state index in [4.69, 9.17) is 11.6 Å². The molecule has 3 rings (SSSR count). The monoisotopic (exact) mass is 275 g/mol. The molecule has 2 aromatic rings.